The SMILES string of the molecule is Fc1cc(C(F)F)c(I)nc1CCl. The van der Waals surface area contributed by atoms with Crippen LogP contribution >= 0.6 is 34.2 Å². The van der Waals surface area contributed by atoms with E-state index in [1.165, 1.54) is 0 Å². The number of hydrogen-bond donors (Lipinski definition) is 0. The van der Waals surface area contributed by atoms with Crippen molar-refractivity contribution in [2.75, 3.05) is 0 Å². The monoisotopic (exact) mass is 321 g/mol. The first-order chi connectivity index (χ1) is 6.06. The van der Waals surface area contributed by atoms with Crippen LogP contribution in [0.2, 0.25) is 0 Å². The normalized spacial score (nSPS) is 10.9. The molecule has 1 heterocycles. The van der Waals surface area contributed by atoms with Crippen LogP contribution in [0.1, 0.15) is 17.7 Å². The van der Waals surface area contributed by atoms with Crippen molar-refractivity contribution >= 4 is 34.2 Å². The Balaban J connectivity index is 3.20. The topological polar surface area (TPSA) is 12.9 Å². The van der Waals surface area contributed by atoms with Gasteiger partial charge in [0.25, 0.3) is 6.43 Å². The Hall–Kier alpha value is -0.0400. The summed E-state index contributed by atoms with van der Waals surface area (Å²) < 4.78 is 37.4. The van der Waals surface area contributed by atoms with Gasteiger partial charge >= 0.3 is 0 Å². The molecule has 0 bridgehead atoms. The Morgan fingerprint density at radius 1 is 1.54 bits per heavy atom. The lowest BCUT2D eigenvalue weighted by molar-refractivity contribution is 0.149. The van der Waals surface area contributed by atoms with Crippen LogP contribution in [0.4, 0.5) is 13.2 Å². The maximum atomic E-state index is 12.9. The third kappa shape index (κ3) is 2.46. The van der Waals surface area contributed by atoms with Gasteiger partial charge in [0.15, 0.2) is 0 Å². The van der Waals surface area contributed by atoms with Crippen molar-refractivity contribution in [2.24, 2.45) is 0 Å². The minimum absolute atomic E-state index is 0.00420. The van der Waals surface area contributed by atoms with E-state index >= 15 is 0 Å². The Labute approximate surface area is 91.4 Å². The van der Waals surface area contributed by atoms with E-state index in [0.29, 0.717) is 0 Å². The number of nitrogens with zero attached hydrogens (tertiary/aromatic N) is 1. The number of alkyl halides is 3. The predicted octanol–water partition coefficient (Wildman–Crippen LogP) is 3.50. The molecule has 0 aliphatic rings. The lowest BCUT2D eigenvalue weighted by atomic mass is 10.2. The van der Waals surface area contributed by atoms with E-state index in [-0.39, 0.29) is 15.3 Å². The van der Waals surface area contributed by atoms with Crippen molar-refractivity contribution < 1.29 is 13.2 Å². The van der Waals surface area contributed by atoms with Crippen molar-refractivity contribution in [1.82, 2.24) is 4.98 Å². The van der Waals surface area contributed by atoms with Gasteiger partial charge in [0.2, 0.25) is 0 Å². The van der Waals surface area contributed by atoms with Gasteiger partial charge in [-0.3, -0.25) is 0 Å². The van der Waals surface area contributed by atoms with E-state index in [1.54, 1.807) is 22.6 Å². The highest BCUT2D eigenvalue weighted by atomic mass is 127. The summed E-state index contributed by atoms with van der Waals surface area (Å²) in [5.41, 5.74) is -0.401. The maximum absolute atomic E-state index is 12.9. The zero-order chi connectivity index (χ0) is 10.0. The average molecular weight is 321 g/mol. The largest absolute Gasteiger partial charge is 0.266 e. The summed E-state index contributed by atoms with van der Waals surface area (Å²) in [6, 6.07) is 0.775. The maximum Gasteiger partial charge on any atom is 0.266 e. The third-order valence-electron chi connectivity index (χ3n) is 1.39. The molecule has 0 N–H and O–H groups in total. The second-order valence-corrected chi connectivity index (χ2v) is 3.52. The fourth-order valence-electron chi connectivity index (χ4n) is 0.763. The van der Waals surface area contributed by atoms with Gasteiger partial charge in [-0.15, -0.1) is 11.6 Å². The van der Waals surface area contributed by atoms with Crippen LogP contribution in [-0.2, 0) is 5.88 Å². The number of halogens is 5. The van der Waals surface area contributed by atoms with Crippen LogP contribution in [0.3, 0.4) is 0 Å². The molecule has 1 rings (SSSR count). The summed E-state index contributed by atoms with van der Waals surface area (Å²) in [7, 11) is 0. The molecule has 6 heteroatoms. The van der Waals surface area contributed by atoms with Gasteiger partial charge in [0.05, 0.1) is 17.1 Å². The molecule has 0 aliphatic heterocycles. The zero-order valence-electron chi connectivity index (χ0n) is 6.20. The van der Waals surface area contributed by atoms with E-state index < -0.39 is 17.8 Å². The molecule has 1 nitrogen and oxygen atoms in total. The standard InChI is InChI=1S/C7H4ClF3IN/c8-2-5-4(9)1-3(6(10)11)7(12)13-5/h1,6H,2H2. The van der Waals surface area contributed by atoms with Crippen LogP contribution in [0.25, 0.3) is 0 Å². The fourth-order valence-corrected chi connectivity index (χ4v) is 1.63. The third-order valence-corrected chi connectivity index (χ3v) is 2.51. The van der Waals surface area contributed by atoms with Crippen molar-refractivity contribution in [3.05, 3.63) is 26.8 Å². The quantitative estimate of drug-likeness (QED) is 0.461. The molecule has 1 aromatic rings. The highest BCUT2D eigenvalue weighted by Gasteiger charge is 2.16. The molecule has 1 aromatic heterocycles. The van der Waals surface area contributed by atoms with Crippen LogP contribution in [0, 0.1) is 9.52 Å². The number of pyridine rings is 1. The highest BCUT2D eigenvalue weighted by Crippen LogP contribution is 2.25. The smallest absolute Gasteiger partial charge is 0.242 e. The van der Waals surface area contributed by atoms with Crippen LogP contribution in [-0.4, -0.2) is 4.98 Å². The first kappa shape index (κ1) is 11.0. The molecular formula is C7H4ClF3IN. The molecule has 0 spiro atoms. The molecule has 0 unspecified atom stereocenters. The first-order valence-electron chi connectivity index (χ1n) is 3.25. The number of hydrogen-bond acceptors (Lipinski definition) is 1. The van der Waals surface area contributed by atoms with Crippen molar-refractivity contribution in [3.63, 3.8) is 0 Å². The Morgan fingerprint density at radius 3 is 2.62 bits per heavy atom. The van der Waals surface area contributed by atoms with Crippen molar-refractivity contribution in [2.45, 2.75) is 12.3 Å². The second kappa shape index (κ2) is 4.45. The molecule has 0 saturated heterocycles. The van der Waals surface area contributed by atoms with E-state index in [9.17, 15) is 13.2 Å². The van der Waals surface area contributed by atoms with E-state index in [0.717, 1.165) is 6.07 Å². The molecule has 0 amide bonds. The predicted molar refractivity (Wildman–Crippen MR) is 51.4 cm³/mol. The summed E-state index contributed by atoms with van der Waals surface area (Å²) in [5, 5.41) is 0. The molecule has 0 aromatic carbocycles. The molecule has 13 heavy (non-hydrogen) atoms. The van der Waals surface area contributed by atoms with Gasteiger partial charge < -0.3 is 0 Å². The lowest BCUT2D eigenvalue weighted by Gasteiger charge is -2.04. The summed E-state index contributed by atoms with van der Waals surface area (Å²) >= 11 is 6.97. The molecule has 0 saturated carbocycles. The second-order valence-electron chi connectivity index (χ2n) is 2.23. The molecule has 72 valence electrons. The van der Waals surface area contributed by atoms with Gasteiger partial charge in [-0.05, 0) is 28.7 Å². The van der Waals surface area contributed by atoms with E-state index in [1.807, 2.05) is 0 Å². The Bertz CT molecular complexity index is 319. The summed E-state index contributed by atoms with van der Waals surface area (Å²) in [5.74, 6) is -0.906. The van der Waals surface area contributed by atoms with Gasteiger partial charge in [-0.1, -0.05) is 0 Å². The summed E-state index contributed by atoms with van der Waals surface area (Å²) in [4.78, 5) is 3.61. The van der Waals surface area contributed by atoms with Gasteiger partial charge in [-0.2, -0.15) is 0 Å². The molecule has 0 radical (unpaired) electrons. The van der Waals surface area contributed by atoms with Gasteiger partial charge in [-0.25, -0.2) is 18.2 Å². The molecule has 0 atom stereocenters. The van der Waals surface area contributed by atoms with E-state index in [2.05, 4.69) is 4.98 Å². The van der Waals surface area contributed by atoms with Crippen molar-refractivity contribution in [1.29, 1.82) is 0 Å². The molecular weight excluding hydrogens is 317 g/mol. The van der Waals surface area contributed by atoms with Crippen LogP contribution in [0.5, 0.6) is 0 Å². The molecule has 0 fully saturated rings. The van der Waals surface area contributed by atoms with Gasteiger partial charge in [0.1, 0.15) is 9.52 Å². The Morgan fingerprint density at radius 2 is 2.15 bits per heavy atom. The average Bonchev–Trinajstić information content (AvgIpc) is 2.07. The fraction of sp³-hybridized carbons (Fsp3) is 0.286. The highest BCUT2D eigenvalue weighted by molar-refractivity contribution is 14.1. The zero-order valence-corrected chi connectivity index (χ0v) is 9.11. The summed E-state index contributed by atoms with van der Waals surface area (Å²) in [6.07, 6.45) is -2.71. The van der Waals surface area contributed by atoms with Crippen LogP contribution in [0.15, 0.2) is 6.07 Å². The number of aromatic nitrogens is 1. The van der Waals surface area contributed by atoms with Crippen LogP contribution < -0.4 is 0 Å². The minimum atomic E-state index is -2.71. The Kier molecular flexibility index (Phi) is 3.78. The van der Waals surface area contributed by atoms with Gasteiger partial charge in [0, 0.05) is 0 Å². The van der Waals surface area contributed by atoms with Crippen molar-refractivity contribution in [3.8, 4) is 0 Å². The summed E-state index contributed by atoms with van der Waals surface area (Å²) in [6.45, 7) is 0. The first-order valence-corrected chi connectivity index (χ1v) is 4.86. The molecule has 0 aliphatic carbocycles. The lowest BCUT2D eigenvalue weighted by Crippen LogP contribution is -2.00. The van der Waals surface area contributed by atoms with E-state index in [4.69, 9.17) is 11.6 Å². The number of rotatable bonds is 2. The minimum Gasteiger partial charge on any atom is -0.242 e.